The van der Waals surface area contributed by atoms with Crippen molar-refractivity contribution in [2.45, 2.75) is 0 Å². The van der Waals surface area contributed by atoms with Crippen LogP contribution in [-0.4, -0.2) is 25.5 Å². The monoisotopic (exact) mass is 257 g/mol. The van der Waals surface area contributed by atoms with Crippen LogP contribution in [0, 0.1) is 5.82 Å². The summed E-state index contributed by atoms with van der Waals surface area (Å²) in [6.07, 6.45) is 2.86. The van der Waals surface area contributed by atoms with Gasteiger partial charge in [-0.2, -0.15) is 14.6 Å². The third kappa shape index (κ3) is 2.13. The molecule has 3 aromatic rings. The van der Waals surface area contributed by atoms with Crippen LogP contribution in [0.4, 0.5) is 10.2 Å². The highest BCUT2D eigenvalue weighted by molar-refractivity contribution is 6.03. The van der Waals surface area contributed by atoms with Gasteiger partial charge in [0.2, 0.25) is 0 Å². The van der Waals surface area contributed by atoms with Gasteiger partial charge in [-0.1, -0.05) is 0 Å². The molecule has 6 nitrogen and oxygen atoms in total. The quantitative estimate of drug-likeness (QED) is 0.755. The van der Waals surface area contributed by atoms with Gasteiger partial charge in [-0.15, -0.1) is 0 Å². The van der Waals surface area contributed by atoms with Gasteiger partial charge in [0, 0.05) is 11.8 Å². The van der Waals surface area contributed by atoms with Gasteiger partial charge in [-0.25, -0.2) is 9.37 Å². The fourth-order valence-corrected chi connectivity index (χ4v) is 1.62. The fourth-order valence-electron chi connectivity index (χ4n) is 1.62. The summed E-state index contributed by atoms with van der Waals surface area (Å²) < 4.78 is 14.2. The smallest absolute Gasteiger partial charge is 0.256 e. The number of nitrogens with one attached hydrogen (secondary N) is 1. The highest BCUT2D eigenvalue weighted by atomic mass is 19.1. The topological polar surface area (TPSA) is 72.2 Å². The second-order valence-corrected chi connectivity index (χ2v) is 3.76. The first-order valence-corrected chi connectivity index (χ1v) is 5.46. The Labute approximate surface area is 106 Å². The molecule has 2 aromatic heterocycles. The van der Waals surface area contributed by atoms with Crippen molar-refractivity contribution in [2.75, 3.05) is 5.32 Å². The van der Waals surface area contributed by atoms with Gasteiger partial charge in [0.05, 0.1) is 0 Å². The number of anilines is 1. The minimum absolute atomic E-state index is 0.353. The predicted octanol–water partition coefficient (Wildman–Crippen LogP) is 1.52. The number of carbonyl (C=O) groups is 1. The van der Waals surface area contributed by atoms with Crippen LogP contribution >= 0.6 is 0 Å². The summed E-state index contributed by atoms with van der Waals surface area (Å²) in [5, 5.41) is 6.61. The van der Waals surface area contributed by atoms with E-state index in [0.29, 0.717) is 17.2 Å². The van der Waals surface area contributed by atoms with Crippen LogP contribution in [-0.2, 0) is 0 Å². The Bertz CT molecular complexity index is 737. The highest BCUT2D eigenvalue weighted by Crippen LogP contribution is 2.09. The molecule has 0 aliphatic carbocycles. The molecule has 7 heteroatoms. The zero-order valence-corrected chi connectivity index (χ0v) is 9.62. The molecule has 0 saturated heterocycles. The number of hydrogen-bond acceptors (Lipinski definition) is 4. The summed E-state index contributed by atoms with van der Waals surface area (Å²) in [5.74, 6) is 0.0795. The maximum absolute atomic E-state index is 12.8. The number of carbonyl (C=O) groups excluding carboxylic acids is 1. The van der Waals surface area contributed by atoms with Gasteiger partial charge >= 0.3 is 0 Å². The summed E-state index contributed by atoms with van der Waals surface area (Å²) >= 11 is 0. The lowest BCUT2D eigenvalue weighted by Crippen LogP contribution is -2.15. The Morgan fingerprint density at radius 1 is 1.16 bits per heavy atom. The van der Waals surface area contributed by atoms with Crippen molar-refractivity contribution in [3.8, 4) is 0 Å². The number of amides is 1. The molecule has 0 unspecified atom stereocenters. The lowest BCUT2D eigenvalue weighted by Gasteiger charge is -2.06. The first kappa shape index (κ1) is 11.3. The molecule has 0 aliphatic rings. The molecule has 0 saturated carbocycles. The summed E-state index contributed by atoms with van der Waals surface area (Å²) in [5.41, 5.74) is 0.353. The number of benzene rings is 1. The van der Waals surface area contributed by atoms with E-state index in [2.05, 4.69) is 20.4 Å². The first-order valence-electron chi connectivity index (χ1n) is 5.46. The molecule has 1 amide bonds. The minimum atomic E-state index is -0.390. The number of nitrogens with zero attached hydrogens (tertiary/aromatic N) is 4. The van der Waals surface area contributed by atoms with Gasteiger partial charge < -0.3 is 5.32 Å². The Hall–Kier alpha value is -2.83. The molecular formula is C12H8FN5O. The van der Waals surface area contributed by atoms with E-state index in [1.54, 1.807) is 6.07 Å². The molecule has 19 heavy (non-hydrogen) atoms. The van der Waals surface area contributed by atoms with E-state index < -0.39 is 0 Å². The minimum Gasteiger partial charge on any atom is -0.306 e. The van der Waals surface area contributed by atoms with Gasteiger partial charge in [0.15, 0.2) is 0 Å². The molecule has 0 fully saturated rings. The Morgan fingerprint density at radius 2 is 1.95 bits per heavy atom. The number of hydrogen-bond donors (Lipinski definition) is 1. The van der Waals surface area contributed by atoms with E-state index >= 15 is 0 Å². The first-order chi connectivity index (χ1) is 9.24. The van der Waals surface area contributed by atoms with Crippen LogP contribution in [0.1, 0.15) is 10.4 Å². The van der Waals surface area contributed by atoms with Gasteiger partial charge in [0.1, 0.15) is 18.0 Å². The molecule has 3 rings (SSSR count). The van der Waals surface area contributed by atoms with E-state index in [0.717, 1.165) is 0 Å². The van der Waals surface area contributed by atoms with Crippen molar-refractivity contribution in [1.82, 2.24) is 19.6 Å². The van der Waals surface area contributed by atoms with Crippen molar-refractivity contribution < 1.29 is 9.18 Å². The second kappa shape index (κ2) is 4.45. The summed E-state index contributed by atoms with van der Waals surface area (Å²) in [6.45, 7) is 0. The van der Waals surface area contributed by atoms with Gasteiger partial charge in [-0.05, 0) is 30.3 Å². The van der Waals surface area contributed by atoms with Crippen LogP contribution in [0.5, 0.6) is 0 Å². The van der Waals surface area contributed by atoms with Crippen LogP contribution in [0.2, 0.25) is 0 Å². The van der Waals surface area contributed by atoms with Crippen LogP contribution in [0.15, 0.2) is 42.9 Å². The van der Waals surface area contributed by atoms with E-state index in [9.17, 15) is 9.18 Å². The summed E-state index contributed by atoms with van der Waals surface area (Å²) in [6, 6.07) is 6.87. The van der Waals surface area contributed by atoms with E-state index in [1.807, 2.05) is 0 Å². The second-order valence-electron chi connectivity index (χ2n) is 3.76. The van der Waals surface area contributed by atoms with E-state index in [-0.39, 0.29) is 11.7 Å². The molecule has 0 aliphatic heterocycles. The molecular weight excluding hydrogens is 249 g/mol. The largest absolute Gasteiger partial charge is 0.306 e. The SMILES string of the molecule is O=C(Nc1ccnc2ncnn12)c1ccc(F)cc1. The Kier molecular flexibility index (Phi) is 2.64. The molecule has 1 aromatic carbocycles. The molecule has 0 atom stereocenters. The number of rotatable bonds is 2. The van der Waals surface area contributed by atoms with Crippen molar-refractivity contribution in [3.05, 3.63) is 54.2 Å². The molecule has 0 bridgehead atoms. The molecule has 1 N–H and O–H groups in total. The van der Waals surface area contributed by atoms with Gasteiger partial charge in [0.25, 0.3) is 11.7 Å². The number of fused-ring (bicyclic) bond motifs is 1. The third-order valence-corrected chi connectivity index (χ3v) is 2.53. The van der Waals surface area contributed by atoms with Crippen molar-refractivity contribution in [1.29, 1.82) is 0 Å². The Morgan fingerprint density at radius 3 is 2.74 bits per heavy atom. The van der Waals surface area contributed by atoms with Crippen LogP contribution < -0.4 is 5.32 Å². The van der Waals surface area contributed by atoms with Crippen molar-refractivity contribution in [3.63, 3.8) is 0 Å². The summed E-state index contributed by atoms with van der Waals surface area (Å²) in [4.78, 5) is 19.9. The van der Waals surface area contributed by atoms with E-state index in [1.165, 1.54) is 41.3 Å². The van der Waals surface area contributed by atoms with Crippen molar-refractivity contribution >= 4 is 17.5 Å². The fraction of sp³-hybridized carbons (Fsp3) is 0. The highest BCUT2D eigenvalue weighted by Gasteiger charge is 2.09. The number of aromatic nitrogens is 4. The van der Waals surface area contributed by atoms with Crippen LogP contribution in [0.3, 0.4) is 0 Å². The average Bonchev–Trinajstić information content (AvgIpc) is 2.89. The molecule has 0 radical (unpaired) electrons. The van der Waals surface area contributed by atoms with Crippen molar-refractivity contribution in [2.24, 2.45) is 0 Å². The Balaban J connectivity index is 1.90. The lowest BCUT2D eigenvalue weighted by atomic mass is 10.2. The maximum atomic E-state index is 12.8. The third-order valence-electron chi connectivity index (χ3n) is 2.53. The number of halogens is 1. The maximum Gasteiger partial charge on any atom is 0.256 e. The summed E-state index contributed by atoms with van der Waals surface area (Å²) in [7, 11) is 0. The average molecular weight is 257 g/mol. The van der Waals surface area contributed by atoms with Crippen LogP contribution in [0.25, 0.3) is 5.78 Å². The molecule has 2 heterocycles. The molecule has 0 spiro atoms. The lowest BCUT2D eigenvalue weighted by molar-refractivity contribution is 0.102. The normalized spacial score (nSPS) is 10.6. The standard InChI is InChI=1S/C12H8FN5O/c13-9-3-1-8(2-4-9)11(19)17-10-5-6-14-12-15-7-16-18(10)12/h1-7H,(H,17,19). The van der Waals surface area contributed by atoms with Gasteiger partial charge in [-0.3, -0.25) is 4.79 Å². The zero-order chi connectivity index (χ0) is 13.2. The molecule has 94 valence electrons. The van der Waals surface area contributed by atoms with E-state index in [4.69, 9.17) is 0 Å². The predicted molar refractivity (Wildman–Crippen MR) is 65.1 cm³/mol. The zero-order valence-electron chi connectivity index (χ0n) is 9.62.